The molecule has 6 aliphatic rings. The molecular weight excluding hydrogens is 988 g/mol. The molecule has 0 bridgehead atoms. The second-order valence-electron chi connectivity index (χ2n) is 28.3. The fourth-order valence-electron chi connectivity index (χ4n) is 17.5. The lowest BCUT2D eigenvalue weighted by Crippen LogP contribution is -2.61. The molecular formula is C74H71BN4O2. The maximum atomic E-state index is 7.20. The minimum atomic E-state index is -0.192. The Hall–Kier alpha value is -7.64. The third kappa shape index (κ3) is 5.95. The van der Waals surface area contributed by atoms with E-state index in [1.54, 1.807) is 0 Å². The summed E-state index contributed by atoms with van der Waals surface area (Å²) in [5.41, 5.74) is 25.2. The van der Waals surface area contributed by atoms with Crippen LogP contribution in [-0.4, -0.2) is 22.4 Å². The van der Waals surface area contributed by atoms with E-state index >= 15 is 0 Å². The second kappa shape index (κ2) is 15.7. The maximum absolute atomic E-state index is 7.20. The average Bonchev–Trinajstić information content (AvgIpc) is 1.90. The predicted octanol–water partition coefficient (Wildman–Crippen LogP) is 18.1. The Morgan fingerprint density at radius 2 is 0.963 bits per heavy atom. The number of nitrogens with zero attached hydrogens (tertiary/aromatic N) is 4. The molecule has 11 aromatic rings. The summed E-state index contributed by atoms with van der Waals surface area (Å²) >= 11 is 0. The van der Waals surface area contributed by atoms with Gasteiger partial charge >= 0.3 is 0 Å². The second-order valence-corrected chi connectivity index (χ2v) is 28.3. The summed E-state index contributed by atoms with van der Waals surface area (Å²) in [5.74, 6) is 0. The van der Waals surface area contributed by atoms with E-state index in [9.17, 15) is 0 Å². The van der Waals surface area contributed by atoms with Gasteiger partial charge in [0.2, 0.25) is 0 Å². The van der Waals surface area contributed by atoms with Crippen LogP contribution in [0.2, 0.25) is 0 Å². The maximum Gasteiger partial charge on any atom is 0.252 e. The molecule has 0 saturated heterocycles. The van der Waals surface area contributed by atoms with Crippen molar-refractivity contribution in [3.63, 3.8) is 0 Å². The highest BCUT2D eigenvalue weighted by atomic mass is 16.3. The van der Waals surface area contributed by atoms with Crippen molar-refractivity contribution in [1.82, 2.24) is 4.57 Å². The van der Waals surface area contributed by atoms with Crippen LogP contribution in [0.1, 0.15) is 143 Å². The van der Waals surface area contributed by atoms with E-state index in [2.05, 4.69) is 240 Å². The molecule has 0 radical (unpaired) electrons. The summed E-state index contributed by atoms with van der Waals surface area (Å²) in [4.78, 5) is 8.25. The molecule has 6 nitrogen and oxygen atoms in total. The Kier molecular flexibility index (Phi) is 9.31. The molecule has 0 N–H and O–H groups in total. The topological polar surface area (TPSA) is 40.9 Å². The minimum absolute atomic E-state index is 0.0186. The van der Waals surface area contributed by atoms with E-state index in [1.807, 2.05) is 0 Å². The molecule has 2 fully saturated rings. The molecule has 4 atom stereocenters. The highest BCUT2D eigenvalue weighted by Gasteiger charge is 2.60. The molecule has 7 heterocycles. The largest absolute Gasteiger partial charge is 0.454 e. The lowest BCUT2D eigenvalue weighted by Gasteiger charge is -2.51. The van der Waals surface area contributed by atoms with Crippen LogP contribution < -0.4 is 31.1 Å². The van der Waals surface area contributed by atoms with E-state index in [0.29, 0.717) is 0 Å². The highest BCUT2D eigenvalue weighted by Crippen LogP contribution is 2.64. The van der Waals surface area contributed by atoms with Gasteiger partial charge in [0.15, 0.2) is 11.2 Å². The fourth-order valence-corrected chi connectivity index (χ4v) is 17.5. The zero-order valence-corrected chi connectivity index (χ0v) is 48.8. The van der Waals surface area contributed by atoms with Crippen molar-refractivity contribution in [3.05, 3.63) is 174 Å². The first-order chi connectivity index (χ1) is 38.9. The molecule has 0 spiro atoms. The number of anilines is 7. The van der Waals surface area contributed by atoms with E-state index in [4.69, 9.17) is 8.83 Å². The minimum Gasteiger partial charge on any atom is -0.454 e. The molecule has 402 valence electrons. The van der Waals surface area contributed by atoms with Crippen LogP contribution in [-0.2, 0) is 21.7 Å². The normalized spacial score (nSPS) is 23.6. The summed E-state index contributed by atoms with van der Waals surface area (Å²) in [5, 5.41) is 4.55. The van der Waals surface area contributed by atoms with Crippen LogP contribution in [0.5, 0.6) is 0 Å². The average molecular weight is 1060 g/mol. The van der Waals surface area contributed by atoms with Gasteiger partial charge in [0.25, 0.3) is 6.71 Å². The summed E-state index contributed by atoms with van der Waals surface area (Å²) in [6.07, 6.45) is 9.43. The van der Waals surface area contributed by atoms with Gasteiger partial charge in [-0.2, -0.15) is 0 Å². The van der Waals surface area contributed by atoms with Crippen molar-refractivity contribution >= 4 is 118 Å². The molecule has 81 heavy (non-hydrogen) atoms. The van der Waals surface area contributed by atoms with Crippen LogP contribution in [0.3, 0.4) is 0 Å². The summed E-state index contributed by atoms with van der Waals surface area (Å²) in [7, 11) is 0. The molecule has 3 aromatic heterocycles. The predicted molar refractivity (Wildman–Crippen MR) is 340 cm³/mol. The lowest BCUT2D eigenvalue weighted by molar-refractivity contribution is 0.195. The van der Waals surface area contributed by atoms with Gasteiger partial charge in [-0.05, 0) is 156 Å². The van der Waals surface area contributed by atoms with Gasteiger partial charge in [-0.15, -0.1) is 0 Å². The lowest BCUT2D eigenvalue weighted by atomic mass is 9.33. The first-order valence-corrected chi connectivity index (χ1v) is 30.3. The SMILES string of the molecule is CC(C)(C)c1ccc2c(c1)C1(C)CCCCC1(C)N2c1ccc2c(c1)N(c1cccc3c1oc1ccccc13)c1cc(N3c4ccc(C(C)(C)C)cc4C4(C)CCCCC34C)cc3c1B2c1cccc2c4oc5ccccc5c4n-3c12. The molecule has 17 rings (SSSR count). The Bertz CT molecular complexity index is 4580. The van der Waals surface area contributed by atoms with Crippen LogP contribution in [0.15, 0.2) is 160 Å². The smallest absolute Gasteiger partial charge is 0.252 e. The number of aromatic nitrogens is 1. The third-order valence-corrected chi connectivity index (χ3v) is 22.2. The number of hydrogen-bond donors (Lipinski definition) is 0. The van der Waals surface area contributed by atoms with Gasteiger partial charge in [-0.3, -0.25) is 0 Å². The van der Waals surface area contributed by atoms with Gasteiger partial charge in [0.05, 0.1) is 22.3 Å². The number of rotatable bonds is 3. The van der Waals surface area contributed by atoms with E-state index in [1.165, 1.54) is 116 Å². The van der Waals surface area contributed by atoms with E-state index < -0.39 is 0 Å². The van der Waals surface area contributed by atoms with Crippen molar-refractivity contribution in [2.24, 2.45) is 0 Å². The fraction of sp³-hybridized carbons (Fsp3) is 0.324. The number of fused-ring (bicyclic) bond motifs is 18. The summed E-state index contributed by atoms with van der Waals surface area (Å²) < 4.78 is 16.9. The molecule has 8 aromatic carbocycles. The number of hydrogen-bond acceptors (Lipinski definition) is 5. The number of para-hydroxylation sites is 4. The first-order valence-electron chi connectivity index (χ1n) is 30.3. The first kappa shape index (κ1) is 48.1. The van der Waals surface area contributed by atoms with Crippen molar-refractivity contribution in [1.29, 1.82) is 0 Å². The Labute approximate surface area is 476 Å². The van der Waals surface area contributed by atoms with E-state index in [-0.39, 0.29) is 39.5 Å². The number of furan rings is 2. The van der Waals surface area contributed by atoms with Crippen LogP contribution in [0, 0.1) is 0 Å². The molecule has 7 heteroatoms. The monoisotopic (exact) mass is 1060 g/mol. The number of benzene rings is 8. The zero-order valence-electron chi connectivity index (χ0n) is 48.8. The van der Waals surface area contributed by atoms with Gasteiger partial charge in [-0.1, -0.05) is 166 Å². The van der Waals surface area contributed by atoms with Gasteiger partial charge in [0, 0.05) is 72.2 Å². The molecule has 4 aliphatic heterocycles. The van der Waals surface area contributed by atoms with Crippen molar-refractivity contribution in [2.45, 2.75) is 153 Å². The zero-order chi connectivity index (χ0) is 55.1. The third-order valence-electron chi connectivity index (χ3n) is 22.2. The summed E-state index contributed by atoms with van der Waals surface area (Å²) in [6.45, 7) is 24.4. The summed E-state index contributed by atoms with van der Waals surface area (Å²) in [6, 6.07) is 58.8. The van der Waals surface area contributed by atoms with Crippen LogP contribution in [0.25, 0.3) is 60.6 Å². The van der Waals surface area contributed by atoms with Crippen LogP contribution >= 0.6 is 0 Å². The van der Waals surface area contributed by atoms with Gasteiger partial charge < -0.3 is 28.1 Å². The van der Waals surface area contributed by atoms with Crippen LogP contribution in [0.4, 0.5) is 39.8 Å². The Morgan fingerprint density at radius 1 is 0.420 bits per heavy atom. The molecule has 2 saturated carbocycles. The van der Waals surface area contributed by atoms with Gasteiger partial charge in [0.1, 0.15) is 16.7 Å². The van der Waals surface area contributed by atoms with Crippen molar-refractivity contribution < 1.29 is 8.83 Å². The van der Waals surface area contributed by atoms with Crippen molar-refractivity contribution in [2.75, 3.05) is 14.7 Å². The molecule has 4 unspecified atom stereocenters. The molecule has 0 amide bonds. The highest BCUT2D eigenvalue weighted by molar-refractivity contribution is 7.00. The quantitative estimate of drug-likeness (QED) is 0.165. The van der Waals surface area contributed by atoms with E-state index in [0.717, 1.165) is 74.3 Å². The van der Waals surface area contributed by atoms with Crippen molar-refractivity contribution in [3.8, 4) is 5.69 Å². The Morgan fingerprint density at radius 3 is 1.63 bits per heavy atom. The molecule has 2 aliphatic carbocycles. The van der Waals surface area contributed by atoms with Gasteiger partial charge in [-0.25, -0.2) is 0 Å². The standard InChI is InChI=1S/C74H71BN4O2/c1-69(2,3)44-29-33-56-52(39-44)71(7)35-15-17-37-73(71,9)78(56)46-31-32-54-59(41-46)76(58-26-20-23-49-48-21-11-13-27-62(48)80-67(49)58)60-42-47(79-57-34-30-45(70(4,5)6)40-53(57)72(8)36-16-18-38-74(72,79)10)43-61-64(60)75(54)55-25-19-24-51-65(55)77(61)66-50-22-12-14-28-63(50)81-68(51)66/h11-14,19-34,39-43H,15-18,35-38H2,1-10H3. The Balaban J connectivity index is 1.00.